The van der Waals surface area contributed by atoms with E-state index in [4.69, 9.17) is 4.74 Å². The minimum Gasteiger partial charge on any atom is -0.496 e. The maximum atomic E-state index is 13.7. The van der Waals surface area contributed by atoms with Gasteiger partial charge < -0.3 is 15.2 Å². The number of aliphatic hydroxyl groups is 1. The van der Waals surface area contributed by atoms with E-state index in [1.165, 1.54) is 27.0 Å². The van der Waals surface area contributed by atoms with Gasteiger partial charge in [0, 0.05) is 0 Å². The second kappa shape index (κ2) is 5.52. The van der Waals surface area contributed by atoms with Gasteiger partial charge in [-0.15, -0.1) is 0 Å². The first-order valence-corrected chi connectivity index (χ1v) is 5.73. The molecule has 1 aromatic rings. The van der Waals surface area contributed by atoms with Crippen LogP contribution >= 0.6 is 0 Å². The fourth-order valence-corrected chi connectivity index (χ4v) is 1.36. The van der Waals surface area contributed by atoms with Crippen molar-refractivity contribution in [1.29, 1.82) is 0 Å². The first-order valence-electron chi connectivity index (χ1n) is 5.73. The molecule has 1 atom stereocenters. The predicted molar refractivity (Wildman–Crippen MR) is 66.1 cm³/mol. The Morgan fingerprint density at radius 3 is 2.47 bits per heavy atom. The molecule has 0 aromatic heterocycles. The van der Waals surface area contributed by atoms with Gasteiger partial charge in [0.1, 0.15) is 11.3 Å². The van der Waals surface area contributed by atoms with Crippen LogP contribution in [0.5, 0.6) is 5.75 Å². The van der Waals surface area contributed by atoms with Crippen LogP contribution in [-0.4, -0.2) is 29.8 Å². The van der Waals surface area contributed by atoms with E-state index >= 15 is 0 Å². The van der Waals surface area contributed by atoms with Crippen molar-refractivity contribution in [3.05, 3.63) is 29.3 Å². The van der Waals surface area contributed by atoms with E-state index in [1.54, 1.807) is 6.92 Å². The van der Waals surface area contributed by atoms with Gasteiger partial charge in [-0.25, -0.2) is 8.78 Å². The Hall–Kier alpha value is -1.69. The number of rotatable bonds is 4. The van der Waals surface area contributed by atoms with Crippen molar-refractivity contribution >= 4 is 5.91 Å². The average Bonchev–Trinajstić information content (AvgIpc) is 2.30. The zero-order chi connectivity index (χ0) is 14.8. The molecule has 0 radical (unpaired) electrons. The fourth-order valence-electron chi connectivity index (χ4n) is 1.36. The summed E-state index contributed by atoms with van der Waals surface area (Å²) in [4.78, 5) is 11.9. The maximum Gasteiger partial charge on any atom is 0.258 e. The molecule has 1 rings (SSSR count). The molecule has 0 aliphatic heterocycles. The monoisotopic (exact) mass is 273 g/mol. The Balaban J connectivity index is 3.09. The largest absolute Gasteiger partial charge is 0.496 e. The number of benzene rings is 1. The van der Waals surface area contributed by atoms with Gasteiger partial charge in [0.25, 0.3) is 5.91 Å². The van der Waals surface area contributed by atoms with Gasteiger partial charge in [-0.2, -0.15) is 0 Å². The Labute approximate surface area is 110 Å². The smallest absolute Gasteiger partial charge is 0.258 e. The third kappa shape index (κ3) is 3.41. The minimum atomic E-state index is -1.28. The summed E-state index contributed by atoms with van der Waals surface area (Å²) < 4.78 is 31.7. The lowest BCUT2D eigenvalue weighted by atomic mass is 10.0. The van der Waals surface area contributed by atoms with Crippen molar-refractivity contribution in [2.45, 2.75) is 32.4 Å². The van der Waals surface area contributed by atoms with Crippen molar-refractivity contribution in [3.8, 4) is 5.75 Å². The van der Waals surface area contributed by atoms with Crippen LogP contribution in [0.3, 0.4) is 0 Å². The van der Waals surface area contributed by atoms with Crippen molar-refractivity contribution in [2.75, 3.05) is 7.11 Å². The molecule has 0 fully saturated rings. The van der Waals surface area contributed by atoms with Crippen LogP contribution in [0.4, 0.5) is 8.78 Å². The van der Waals surface area contributed by atoms with Gasteiger partial charge in [0.2, 0.25) is 0 Å². The number of amides is 1. The quantitative estimate of drug-likeness (QED) is 0.880. The molecule has 0 aliphatic rings. The van der Waals surface area contributed by atoms with E-state index in [-0.39, 0.29) is 5.75 Å². The summed E-state index contributed by atoms with van der Waals surface area (Å²) in [6, 6.07) is 1.40. The van der Waals surface area contributed by atoms with Crippen LogP contribution in [-0.2, 0) is 0 Å². The van der Waals surface area contributed by atoms with Crippen LogP contribution in [0.15, 0.2) is 12.1 Å². The summed E-state index contributed by atoms with van der Waals surface area (Å²) in [5.41, 5.74) is -1.70. The number of hydrogen-bond acceptors (Lipinski definition) is 3. The molecule has 2 N–H and O–H groups in total. The van der Waals surface area contributed by atoms with E-state index in [9.17, 15) is 18.7 Å². The summed E-state index contributed by atoms with van der Waals surface area (Å²) >= 11 is 0. The molecule has 4 nitrogen and oxygen atoms in total. The number of hydrogen-bond donors (Lipinski definition) is 2. The van der Waals surface area contributed by atoms with E-state index in [0.717, 1.165) is 6.07 Å². The van der Waals surface area contributed by atoms with E-state index in [0.29, 0.717) is 0 Å². The number of nitrogens with one attached hydrogen (secondary N) is 1. The lowest BCUT2D eigenvalue weighted by Crippen LogP contribution is -2.47. The first kappa shape index (κ1) is 15.4. The van der Waals surface area contributed by atoms with Gasteiger partial charge in [0.15, 0.2) is 11.6 Å². The standard InChI is InChI=1S/C13H17F2NO3/c1-7(13(2,3)18)16-12(17)10-9(19-4)6-5-8(14)11(10)15/h5-7,18H,1-4H3,(H,16,17)/t7-/m0/s1. The van der Waals surface area contributed by atoms with Crippen LogP contribution < -0.4 is 10.1 Å². The topological polar surface area (TPSA) is 58.6 Å². The number of carbonyl (C=O) groups excluding carboxylic acids is 1. The van der Waals surface area contributed by atoms with Crippen molar-refractivity contribution in [2.24, 2.45) is 0 Å². The second-order valence-corrected chi connectivity index (χ2v) is 4.79. The molecule has 19 heavy (non-hydrogen) atoms. The highest BCUT2D eigenvalue weighted by Gasteiger charge is 2.27. The molecule has 0 heterocycles. The van der Waals surface area contributed by atoms with Crippen molar-refractivity contribution in [1.82, 2.24) is 5.32 Å². The van der Waals surface area contributed by atoms with Crippen LogP contribution in [0, 0.1) is 11.6 Å². The van der Waals surface area contributed by atoms with Gasteiger partial charge in [0.05, 0.1) is 18.8 Å². The highest BCUT2D eigenvalue weighted by Crippen LogP contribution is 2.24. The molecule has 0 spiro atoms. The lowest BCUT2D eigenvalue weighted by molar-refractivity contribution is 0.0406. The van der Waals surface area contributed by atoms with Crippen molar-refractivity contribution < 1.29 is 23.4 Å². The number of halogens is 2. The summed E-state index contributed by atoms with van der Waals surface area (Å²) in [5, 5.41) is 12.1. The molecule has 0 saturated heterocycles. The lowest BCUT2D eigenvalue weighted by Gasteiger charge is -2.27. The van der Waals surface area contributed by atoms with E-state index in [1.807, 2.05) is 0 Å². The Kier molecular flexibility index (Phi) is 4.47. The second-order valence-electron chi connectivity index (χ2n) is 4.79. The molecule has 0 saturated carbocycles. The molecule has 0 bridgehead atoms. The van der Waals surface area contributed by atoms with Gasteiger partial charge in [-0.3, -0.25) is 4.79 Å². The molecule has 1 amide bonds. The summed E-state index contributed by atoms with van der Waals surface area (Å²) in [7, 11) is 1.25. The van der Waals surface area contributed by atoms with Crippen molar-refractivity contribution in [3.63, 3.8) is 0 Å². The Morgan fingerprint density at radius 2 is 2.00 bits per heavy atom. The number of carbonyl (C=O) groups is 1. The summed E-state index contributed by atoms with van der Waals surface area (Å²) in [5.74, 6) is -3.33. The number of methoxy groups -OCH3 is 1. The molecule has 0 aliphatic carbocycles. The third-order valence-corrected chi connectivity index (χ3v) is 2.91. The Bertz CT molecular complexity index is 484. The van der Waals surface area contributed by atoms with Crippen LogP contribution in [0.1, 0.15) is 31.1 Å². The third-order valence-electron chi connectivity index (χ3n) is 2.91. The molecular formula is C13H17F2NO3. The highest BCUT2D eigenvalue weighted by molar-refractivity contribution is 5.97. The maximum absolute atomic E-state index is 13.7. The molecule has 1 aromatic carbocycles. The van der Waals surface area contributed by atoms with E-state index in [2.05, 4.69) is 5.32 Å². The van der Waals surface area contributed by atoms with Gasteiger partial charge in [-0.05, 0) is 32.9 Å². The predicted octanol–water partition coefficient (Wildman–Crippen LogP) is 1.86. The highest BCUT2D eigenvalue weighted by atomic mass is 19.2. The summed E-state index contributed by atoms with van der Waals surface area (Å²) in [6.45, 7) is 4.55. The normalized spacial score (nSPS) is 13.0. The van der Waals surface area contributed by atoms with E-state index < -0.39 is 34.7 Å². The zero-order valence-electron chi connectivity index (χ0n) is 11.3. The minimum absolute atomic E-state index is 0.0701. The SMILES string of the molecule is COc1ccc(F)c(F)c1C(=O)N[C@@H](C)C(C)(C)O. The molecule has 0 unspecified atom stereocenters. The van der Waals surface area contributed by atoms with Gasteiger partial charge in [-0.1, -0.05) is 0 Å². The first-order chi connectivity index (χ1) is 8.68. The fraction of sp³-hybridized carbons (Fsp3) is 0.462. The van der Waals surface area contributed by atoms with Crippen LogP contribution in [0.2, 0.25) is 0 Å². The van der Waals surface area contributed by atoms with Crippen LogP contribution in [0.25, 0.3) is 0 Å². The van der Waals surface area contributed by atoms with Gasteiger partial charge >= 0.3 is 0 Å². The zero-order valence-corrected chi connectivity index (χ0v) is 11.3. The molecule has 106 valence electrons. The Morgan fingerprint density at radius 1 is 1.42 bits per heavy atom. The molecular weight excluding hydrogens is 256 g/mol. The molecule has 6 heteroatoms. The average molecular weight is 273 g/mol. The summed E-state index contributed by atoms with van der Waals surface area (Å²) in [6.07, 6.45) is 0. The number of ether oxygens (including phenoxy) is 1.